The lowest BCUT2D eigenvalue weighted by Gasteiger charge is -2.32. The summed E-state index contributed by atoms with van der Waals surface area (Å²) in [5, 5.41) is 0.249. The van der Waals surface area contributed by atoms with Gasteiger partial charge in [0, 0.05) is 13.1 Å². The molecule has 122 valence electrons. The highest BCUT2D eigenvalue weighted by Gasteiger charge is 2.31. The van der Waals surface area contributed by atoms with E-state index in [4.69, 9.17) is 16.3 Å². The maximum atomic E-state index is 12.8. The smallest absolute Gasteiger partial charge is 0.244 e. The average molecular weight is 352 g/mol. The second-order valence-electron chi connectivity index (χ2n) is 5.48. The third-order valence-corrected chi connectivity index (χ3v) is 6.23. The van der Waals surface area contributed by atoms with Crippen molar-refractivity contribution in [1.82, 2.24) is 4.31 Å². The number of morpholine rings is 1. The van der Waals surface area contributed by atoms with Gasteiger partial charge in [0.1, 0.15) is 4.90 Å². The molecule has 0 radical (unpaired) electrons. The van der Waals surface area contributed by atoms with E-state index < -0.39 is 10.0 Å². The van der Waals surface area contributed by atoms with Gasteiger partial charge in [-0.1, -0.05) is 54.1 Å². The molecule has 1 aliphatic rings. The van der Waals surface area contributed by atoms with E-state index in [0.29, 0.717) is 26.1 Å². The van der Waals surface area contributed by atoms with Crippen LogP contribution in [0.1, 0.15) is 5.56 Å². The predicted molar refractivity (Wildman–Crippen MR) is 90.1 cm³/mol. The molecule has 1 aliphatic heterocycles. The van der Waals surface area contributed by atoms with Crippen LogP contribution < -0.4 is 0 Å². The van der Waals surface area contributed by atoms with Crippen LogP contribution in [-0.2, 0) is 21.2 Å². The van der Waals surface area contributed by atoms with E-state index in [0.717, 1.165) is 5.56 Å². The fourth-order valence-electron chi connectivity index (χ4n) is 2.70. The van der Waals surface area contributed by atoms with Gasteiger partial charge in [-0.25, -0.2) is 8.42 Å². The molecular weight excluding hydrogens is 334 g/mol. The van der Waals surface area contributed by atoms with Crippen molar-refractivity contribution in [1.29, 1.82) is 0 Å². The Hall–Kier alpha value is -1.40. The van der Waals surface area contributed by atoms with E-state index in [1.807, 2.05) is 30.3 Å². The largest absolute Gasteiger partial charge is 0.375 e. The molecule has 0 saturated carbocycles. The summed E-state index contributed by atoms with van der Waals surface area (Å²) in [6, 6.07) is 16.5. The number of ether oxygens (including phenoxy) is 1. The number of rotatable bonds is 4. The number of nitrogens with zero attached hydrogens (tertiary/aromatic N) is 1. The van der Waals surface area contributed by atoms with Gasteiger partial charge in [-0.05, 0) is 24.1 Å². The normalized spacial score (nSPS) is 19.6. The molecule has 1 unspecified atom stereocenters. The summed E-state index contributed by atoms with van der Waals surface area (Å²) in [7, 11) is -3.60. The molecule has 23 heavy (non-hydrogen) atoms. The molecule has 2 aromatic carbocycles. The van der Waals surface area contributed by atoms with Gasteiger partial charge in [0.2, 0.25) is 10.0 Å². The highest BCUT2D eigenvalue weighted by Crippen LogP contribution is 2.26. The topological polar surface area (TPSA) is 46.6 Å². The van der Waals surface area contributed by atoms with E-state index in [1.165, 1.54) is 4.31 Å². The molecule has 0 N–H and O–H groups in total. The van der Waals surface area contributed by atoms with Crippen molar-refractivity contribution >= 4 is 21.6 Å². The van der Waals surface area contributed by atoms with Gasteiger partial charge in [-0.3, -0.25) is 0 Å². The molecule has 1 heterocycles. The Morgan fingerprint density at radius 2 is 1.78 bits per heavy atom. The SMILES string of the molecule is O=S(=O)(c1ccccc1Cl)N1CCOC(Cc2ccccc2)C1. The van der Waals surface area contributed by atoms with Crippen molar-refractivity contribution in [2.24, 2.45) is 0 Å². The first-order valence-corrected chi connectivity index (χ1v) is 9.29. The van der Waals surface area contributed by atoms with Crippen molar-refractivity contribution in [3.8, 4) is 0 Å². The summed E-state index contributed by atoms with van der Waals surface area (Å²) in [5.41, 5.74) is 1.13. The van der Waals surface area contributed by atoms with Gasteiger partial charge in [0.25, 0.3) is 0 Å². The van der Waals surface area contributed by atoms with Crippen LogP contribution in [0.15, 0.2) is 59.5 Å². The Morgan fingerprint density at radius 1 is 1.09 bits per heavy atom. The molecule has 1 fully saturated rings. The van der Waals surface area contributed by atoms with Crippen molar-refractivity contribution < 1.29 is 13.2 Å². The molecule has 0 aromatic heterocycles. The second kappa shape index (κ2) is 7.01. The monoisotopic (exact) mass is 351 g/mol. The minimum atomic E-state index is -3.60. The van der Waals surface area contributed by atoms with E-state index in [9.17, 15) is 8.42 Å². The molecule has 0 amide bonds. The van der Waals surface area contributed by atoms with Gasteiger partial charge in [-0.2, -0.15) is 4.31 Å². The van der Waals surface area contributed by atoms with Crippen LogP contribution in [-0.4, -0.2) is 38.5 Å². The summed E-state index contributed by atoms with van der Waals surface area (Å²) in [4.78, 5) is 0.155. The van der Waals surface area contributed by atoms with Gasteiger partial charge in [-0.15, -0.1) is 0 Å². The Labute approximate surface area is 141 Å². The van der Waals surface area contributed by atoms with Gasteiger partial charge >= 0.3 is 0 Å². The fraction of sp³-hybridized carbons (Fsp3) is 0.294. The van der Waals surface area contributed by atoms with E-state index >= 15 is 0 Å². The third kappa shape index (κ3) is 3.75. The molecule has 6 heteroatoms. The van der Waals surface area contributed by atoms with Gasteiger partial charge < -0.3 is 4.74 Å². The first-order valence-electron chi connectivity index (χ1n) is 7.47. The zero-order valence-electron chi connectivity index (χ0n) is 12.6. The summed E-state index contributed by atoms with van der Waals surface area (Å²) in [6.45, 7) is 1.07. The second-order valence-corrected chi connectivity index (χ2v) is 7.79. The Kier molecular flexibility index (Phi) is 5.02. The predicted octanol–water partition coefficient (Wildman–Crippen LogP) is 2.97. The maximum Gasteiger partial charge on any atom is 0.244 e. The fourth-order valence-corrected chi connectivity index (χ4v) is 4.65. The van der Waals surface area contributed by atoms with Gasteiger partial charge in [0.15, 0.2) is 0 Å². The van der Waals surface area contributed by atoms with Crippen LogP contribution in [0.2, 0.25) is 5.02 Å². The van der Waals surface area contributed by atoms with Crippen LogP contribution in [0.4, 0.5) is 0 Å². The lowest BCUT2D eigenvalue weighted by Crippen LogP contribution is -2.46. The lowest BCUT2D eigenvalue weighted by atomic mass is 10.1. The number of hydrogen-bond acceptors (Lipinski definition) is 3. The van der Waals surface area contributed by atoms with Gasteiger partial charge in [0.05, 0.1) is 17.7 Å². The standard InChI is InChI=1S/C17H18ClNO3S/c18-16-8-4-5-9-17(16)23(20,21)19-10-11-22-15(13-19)12-14-6-2-1-3-7-14/h1-9,15H,10-13H2. The van der Waals surface area contributed by atoms with Crippen LogP contribution in [0.5, 0.6) is 0 Å². The zero-order chi connectivity index (χ0) is 16.3. The number of halogens is 1. The van der Waals surface area contributed by atoms with E-state index in [2.05, 4.69) is 0 Å². The average Bonchev–Trinajstić information content (AvgIpc) is 2.56. The molecular formula is C17H18ClNO3S. The lowest BCUT2D eigenvalue weighted by molar-refractivity contribution is -0.000493. The number of benzene rings is 2. The minimum Gasteiger partial charge on any atom is -0.375 e. The van der Waals surface area contributed by atoms with Crippen molar-refractivity contribution in [3.05, 3.63) is 65.2 Å². The van der Waals surface area contributed by atoms with Crippen molar-refractivity contribution in [2.45, 2.75) is 17.4 Å². The van der Waals surface area contributed by atoms with Crippen LogP contribution in [0, 0.1) is 0 Å². The highest BCUT2D eigenvalue weighted by molar-refractivity contribution is 7.89. The molecule has 1 atom stereocenters. The van der Waals surface area contributed by atoms with Crippen LogP contribution in [0.25, 0.3) is 0 Å². The minimum absolute atomic E-state index is 0.150. The summed E-state index contributed by atoms with van der Waals surface area (Å²) in [6.07, 6.45) is 0.540. The third-order valence-electron chi connectivity index (χ3n) is 3.86. The summed E-state index contributed by atoms with van der Waals surface area (Å²) >= 11 is 6.06. The van der Waals surface area contributed by atoms with Crippen LogP contribution >= 0.6 is 11.6 Å². The molecule has 3 rings (SSSR count). The Morgan fingerprint density at radius 3 is 2.52 bits per heavy atom. The first-order chi connectivity index (χ1) is 11.1. The zero-order valence-corrected chi connectivity index (χ0v) is 14.1. The molecule has 0 aliphatic carbocycles. The number of sulfonamides is 1. The highest BCUT2D eigenvalue weighted by atomic mass is 35.5. The number of hydrogen-bond donors (Lipinski definition) is 0. The quantitative estimate of drug-likeness (QED) is 0.850. The molecule has 0 spiro atoms. The van der Waals surface area contributed by atoms with Crippen molar-refractivity contribution in [2.75, 3.05) is 19.7 Å². The Bertz CT molecular complexity index is 764. The van der Waals surface area contributed by atoms with E-state index in [-0.39, 0.29) is 16.0 Å². The molecule has 0 bridgehead atoms. The molecule has 4 nitrogen and oxygen atoms in total. The summed E-state index contributed by atoms with van der Waals surface area (Å²) in [5.74, 6) is 0. The molecule has 2 aromatic rings. The maximum absolute atomic E-state index is 12.8. The van der Waals surface area contributed by atoms with E-state index in [1.54, 1.807) is 24.3 Å². The van der Waals surface area contributed by atoms with Crippen LogP contribution in [0.3, 0.4) is 0 Å². The summed E-state index contributed by atoms with van der Waals surface area (Å²) < 4.78 is 32.8. The Balaban J connectivity index is 1.77. The van der Waals surface area contributed by atoms with Crippen molar-refractivity contribution in [3.63, 3.8) is 0 Å². The molecule has 1 saturated heterocycles. The first kappa shape index (κ1) is 16.5.